The second kappa shape index (κ2) is 7.18. The molecule has 1 saturated heterocycles. The zero-order valence-corrected chi connectivity index (χ0v) is 17.0. The first-order chi connectivity index (χ1) is 13.7. The van der Waals surface area contributed by atoms with E-state index in [4.69, 9.17) is 0 Å². The van der Waals surface area contributed by atoms with Gasteiger partial charge in [0.25, 0.3) is 5.91 Å². The largest absolute Gasteiger partial charge is 0.326 e. The maximum Gasteiger partial charge on any atom is 0.254 e. The lowest BCUT2D eigenvalue weighted by atomic mass is 9.97. The number of carbonyl (C=O) groups is 2. The Labute approximate surface area is 172 Å². The molecule has 4 heterocycles. The number of nitrogens with zero attached hydrogens (tertiary/aromatic N) is 2. The molecule has 1 atom stereocenters. The van der Waals surface area contributed by atoms with Crippen molar-refractivity contribution >= 4 is 40.2 Å². The van der Waals surface area contributed by atoms with Crippen LogP contribution in [-0.4, -0.2) is 29.8 Å². The van der Waals surface area contributed by atoms with Gasteiger partial charge in [-0.25, -0.2) is 0 Å². The van der Waals surface area contributed by atoms with Gasteiger partial charge in [0.05, 0.1) is 6.04 Å². The Kier molecular flexibility index (Phi) is 4.53. The number of benzene rings is 1. The summed E-state index contributed by atoms with van der Waals surface area (Å²) in [5, 5.41) is 4.20. The van der Waals surface area contributed by atoms with Crippen molar-refractivity contribution in [2.24, 2.45) is 0 Å². The molecule has 6 heteroatoms. The van der Waals surface area contributed by atoms with Crippen LogP contribution >= 0.6 is 22.7 Å². The van der Waals surface area contributed by atoms with Crippen LogP contribution in [0.15, 0.2) is 53.2 Å². The summed E-state index contributed by atoms with van der Waals surface area (Å²) in [6, 6.07) is 13.8. The van der Waals surface area contributed by atoms with Crippen LogP contribution in [0.1, 0.15) is 44.6 Å². The van der Waals surface area contributed by atoms with Crippen LogP contribution in [0.4, 0.5) is 5.69 Å². The Hall–Kier alpha value is -2.44. The van der Waals surface area contributed by atoms with E-state index in [1.54, 1.807) is 27.6 Å². The minimum atomic E-state index is -0.0117. The summed E-state index contributed by atoms with van der Waals surface area (Å²) in [6.07, 6.45) is 2.42. The third-order valence-corrected chi connectivity index (χ3v) is 7.46. The fraction of sp³-hybridized carbons (Fsp3) is 0.273. The summed E-state index contributed by atoms with van der Waals surface area (Å²) in [6.45, 7) is 1.49. The zero-order valence-electron chi connectivity index (χ0n) is 15.3. The quantitative estimate of drug-likeness (QED) is 0.629. The first kappa shape index (κ1) is 17.6. The number of amides is 2. The van der Waals surface area contributed by atoms with Crippen LogP contribution in [0.5, 0.6) is 0 Å². The van der Waals surface area contributed by atoms with Crippen molar-refractivity contribution in [1.82, 2.24) is 4.90 Å². The van der Waals surface area contributed by atoms with Crippen LogP contribution < -0.4 is 4.90 Å². The van der Waals surface area contributed by atoms with E-state index in [0.29, 0.717) is 12.0 Å². The molecule has 0 spiro atoms. The normalized spacial score (nSPS) is 19.1. The molecule has 2 aliphatic rings. The maximum absolute atomic E-state index is 13.4. The Morgan fingerprint density at radius 3 is 2.54 bits per heavy atom. The molecule has 142 valence electrons. The van der Waals surface area contributed by atoms with Crippen molar-refractivity contribution in [2.45, 2.75) is 25.3 Å². The van der Waals surface area contributed by atoms with Crippen molar-refractivity contribution in [3.8, 4) is 0 Å². The Bertz CT molecular complexity index is 1010. The van der Waals surface area contributed by atoms with Crippen molar-refractivity contribution in [3.05, 3.63) is 74.1 Å². The SMILES string of the molecule is O=C1CCCN1c1ccc(C(=O)N2CCc3sccc3C2c2cccs2)cc1. The number of anilines is 1. The Morgan fingerprint density at radius 2 is 1.82 bits per heavy atom. The van der Waals surface area contributed by atoms with Gasteiger partial charge in [0.1, 0.15) is 0 Å². The van der Waals surface area contributed by atoms with Crippen LogP contribution in [0, 0.1) is 0 Å². The highest BCUT2D eigenvalue weighted by molar-refractivity contribution is 7.10. The topological polar surface area (TPSA) is 40.6 Å². The highest BCUT2D eigenvalue weighted by Crippen LogP contribution is 2.40. The third-order valence-electron chi connectivity index (χ3n) is 5.54. The van der Waals surface area contributed by atoms with Crippen LogP contribution in [-0.2, 0) is 11.2 Å². The molecule has 3 aromatic rings. The first-order valence-corrected chi connectivity index (χ1v) is 11.3. The molecule has 28 heavy (non-hydrogen) atoms. The molecule has 4 nitrogen and oxygen atoms in total. The van der Waals surface area contributed by atoms with E-state index in [1.165, 1.54) is 15.3 Å². The minimum Gasteiger partial charge on any atom is -0.326 e. The third kappa shape index (κ3) is 2.97. The van der Waals surface area contributed by atoms with Gasteiger partial charge in [0.2, 0.25) is 5.91 Å². The van der Waals surface area contributed by atoms with Gasteiger partial charge in [0, 0.05) is 40.5 Å². The van der Waals surface area contributed by atoms with Gasteiger partial charge in [0.15, 0.2) is 0 Å². The smallest absolute Gasteiger partial charge is 0.254 e. The molecule has 2 aliphatic heterocycles. The number of hydrogen-bond acceptors (Lipinski definition) is 4. The molecule has 1 fully saturated rings. The van der Waals surface area contributed by atoms with Crippen LogP contribution in [0.2, 0.25) is 0 Å². The second-order valence-electron chi connectivity index (χ2n) is 7.16. The van der Waals surface area contributed by atoms with Crippen molar-refractivity contribution in [2.75, 3.05) is 18.0 Å². The highest BCUT2D eigenvalue weighted by atomic mass is 32.1. The van der Waals surface area contributed by atoms with E-state index in [-0.39, 0.29) is 17.9 Å². The molecule has 2 amide bonds. The van der Waals surface area contributed by atoms with E-state index >= 15 is 0 Å². The summed E-state index contributed by atoms with van der Waals surface area (Å²) in [4.78, 5) is 31.7. The minimum absolute atomic E-state index is 0.0117. The summed E-state index contributed by atoms with van der Waals surface area (Å²) in [5.74, 6) is 0.215. The van der Waals surface area contributed by atoms with Crippen molar-refractivity contribution < 1.29 is 9.59 Å². The summed E-state index contributed by atoms with van der Waals surface area (Å²) < 4.78 is 0. The van der Waals surface area contributed by atoms with Gasteiger partial charge < -0.3 is 9.80 Å². The molecule has 0 radical (unpaired) electrons. The summed E-state index contributed by atoms with van der Waals surface area (Å²) in [5.41, 5.74) is 2.81. The highest BCUT2D eigenvalue weighted by Gasteiger charge is 2.34. The molecule has 0 saturated carbocycles. The predicted octanol–water partition coefficient (Wildman–Crippen LogP) is 4.72. The van der Waals surface area contributed by atoms with Gasteiger partial charge in [-0.2, -0.15) is 0 Å². The average Bonchev–Trinajstić information content (AvgIpc) is 3.48. The number of rotatable bonds is 3. The average molecular weight is 409 g/mol. The molecule has 0 aliphatic carbocycles. The van der Waals surface area contributed by atoms with E-state index in [1.807, 2.05) is 35.2 Å². The molecule has 0 N–H and O–H groups in total. The van der Waals surface area contributed by atoms with E-state index in [2.05, 4.69) is 22.9 Å². The molecular formula is C22H20N2O2S2. The lowest BCUT2D eigenvalue weighted by Crippen LogP contribution is -2.39. The Morgan fingerprint density at radius 1 is 0.964 bits per heavy atom. The number of hydrogen-bond donors (Lipinski definition) is 0. The second-order valence-corrected chi connectivity index (χ2v) is 9.14. The van der Waals surface area contributed by atoms with E-state index in [0.717, 1.165) is 31.6 Å². The van der Waals surface area contributed by atoms with Gasteiger partial charge in [-0.05, 0) is 65.6 Å². The predicted molar refractivity (Wildman–Crippen MR) is 113 cm³/mol. The Balaban J connectivity index is 1.45. The fourth-order valence-electron chi connectivity index (χ4n) is 4.16. The van der Waals surface area contributed by atoms with Crippen molar-refractivity contribution in [3.63, 3.8) is 0 Å². The van der Waals surface area contributed by atoms with Crippen LogP contribution in [0.3, 0.4) is 0 Å². The molecule has 2 aromatic heterocycles. The first-order valence-electron chi connectivity index (χ1n) is 9.53. The number of carbonyl (C=O) groups excluding carboxylic acids is 2. The summed E-state index contributed by atoms with van der Waals surface area (Å²) in [7, 11) is 0. The molecule has 5 rings (SSSR count). The van der Waals surface area contributed by atoms with E-state index in [9.17, 15) is 9.59 Å². The van der Waals surface area contributed by atoms with Gasteiger partial charge in [-0.15, -0.1) is 22.7 Å². The summed E-state index contributed by atoms with van der Waals surface area (Å²) >= 11 is 3.48. The van der Waals surface area contributed by atoms with Crippen molar-refractivity contribution in [1.29, 1.82) is 0 Å². The van der Waals surface area contributed by atoms with Gasteiger partial charge in [-0.1, -0.05) is 6.07 Å². The molecule has 0 bridgehead atoms. The monoisotopic (exact) mass is 408 g/mol. The molecule has 1 aromatic carbocycles. The van der Waals surface area contributed by atoms with Crippen LogP contribution in [0.25, 0.3) is 0 Å². The number of fused-ring (bicyclic) bond motifs is 1. The van der Waals surface area contributed by atoms with E-state index < -0.39 is 0 Å². The van der Waals surface area contributed by atoms with Gasteiger partial charge in [-0.3, -0.25) is 9.59 Å². The van der Waals surface area contributed by atoms with Gasteiger partial charge >= 0.3 is 0 Å². The standard InChI is InChI=1S/C22H20N2O2S2/c25-20-4-1-11-23(20)16-7-5-15(6-8-16)22(26)24-12-9-18-17(10-14-28-18)21(24)19-3-2-13-27-19/h2-3,5-8,10,13-14,21H,1,4,9,11-12H2. The molecule has 1 unspecified atom stereocenters. The maximum atomic E-state index is 13.4. The zero-order chi connectivity index (χ0) is 19.1. The molecular weight excluding hydrogens is 388 g/mol. The fourth-order valence-corrected chi connectivity index (χ4v) is 5.92. The lowest BCUT2D eigenvalue weighted by molar-refractivity contribution is -0.117. The number of thiophene rings is 2. The lowest BCUT2D eigenvalue weighted by Gasteiger charge is -2.35.